The van der Waals surface area contributed by atoms with Crippen LogP contribution in [0, 0.1) is 12.3 Å². The fourth-order valence-corrected chi connectivity index (χ4v) is 2.00. The summed E-state index contributed by atoms with van der Waals surface area (Å²) in [5, 5.41) is 2.81. The van der Waals surface area contributed by atoms with E-state index in [1.807, 2.05) is 30.3 Å². The summed E-state index contributed by atoms with van der Waals surface area (Å²) in [7, 11) is 0. The van der Waals surface area contributed by atoms with Crippen LogP contribution in [0.15, 0.2) is 53.0 Å². The third kappa shape index (κ3) is 2.79. The van der Waals surface area contributed by atoms with Crippen LogP contribution in [0.2, 0.25) is 0 Å². The van der Waals surface area contributed by atoms with Gasteiger partial charge in [-0.25, -0.2) is 0 Å². The Morgan fingerprint density at radius 2 is 1.94 bits per heavy atom. The van der Waals surface area contributed by atoms with E-state index < -0.39 is 0 Å². The second-order valence-electron chi connectivity index (χ2n) is 3.66. The van der Waals surface area contributed by atoms with Gasteiger partial charge in [-0.2, -0.15) is 0 Å². The standard InChI is InChI=1S/C15H10BrNO/c1-2-11-6-5-7-12(10-11)17-15(18)13-8-3-4-9-14(13)16/h1,3-10H,(H,17,18). The second kappa shape index (κ2) is 5.52. The molecule has 0 radical (unpaired) electrons. The lowest BCUT2D eigenvalue weighted by atomic mass is 10.2. The van der Waals surface area contributed by atoms with Crippen LogP contribution in [0.3, 0.4) is 0 Å². The predicted molar refractivity (Wildman–Crippen MR) is 76.5 cm³/mol. The van der Waals surface area contributed by atoms with Crippen molar-refractivity contribution in [3.63, 3.8) is 0 Å². The minimum absolute atomic E-state index is 0.170. The third-order valence-electron chi connectivity index (χ3n) is 2.41. The first-order chi connectivity index (χ1) is 8.70. The summed E-state index contributed by atoms with van der Waals surface area (Å²) in [4.78, 5) is 12.0. The number of amides is 1. The molecule has 0 aliphatic carbocycles. The molecule has 0 bridgehead atoms. The first kappa shape index (κ1) is 12.4. The van der Waals surface area contributed by atoms with Crippen LogP contribution in [-0.4, -0.2) is 5.91 Å². The SMILES string of the molecule is C#Cc1cccc(NC(=O)c2ccccc2Br)c1. The van der Waals surface area contributed by atoms with Gasteiger partial charge < -0.3 is 5.32 Å². The Kier molecular flexibility index (Phi) is 3.81. The number of benzene rings is 2. The lowest BCUT2D eigenvalue weighted by Gasteiger charge is -2.07. The molecule has 2 nitrogen and oxygen atoms in total. The molecule has 2 aromatic carbocycles. The van der Waals surface area contributed by atoms with E-state index in [1.165, 1.54) is 0 Å². The molecule has 0 aliphatic rings. The molecule has 0 heterocycles. The number of carbonyl (C=O) groups is 1. The molecule has 0 saturated heterocycles. The Morgan fingerprint density at radius 3 is 2.67 bits per heavy atom. The molecule has 88 valence electrons. The van der Waals surface area contributed by atoms with Crippen molar-refractivity contribution in [3.8, 4) is 12.3 Å². The van der Waals surface area contributed by atoms with Crippen LogP contribution in [0.5, 0.6) is 0 Å². The number of halogens is 1. The van der Waals surface area contributed by atoms with Gasteiger partial charge in [0.15, 0.2) is 0 Å². The molecule has 18 heavy (non-hydrogen) atoms. The molecule has 2 rings (SSSR count). The molecule has 0 unspecified atom stereocenters. The summed E-state index contributed by atoms with van der Waals surface area (Å²) < 4.78 is 0.760. The van der Waals surface area contributed by atoms with E-state index in [0.717, 1.165) is 10.0 Å². The molecule has 0 saturated carbocycles. The monoisotopic (exact) mass is 299 g/mol. The highest BCUT2D eigenvalue weighted by Gasteiger charge is 2.09. The molecule has 0 atom stereocenters. The molecule has 1 N–H and O–H groups in total. The smallest absolute Gasteiger partial charge is 0.256 e. The number of carbonyl (C=O) groups excluding carboxylic acids is 1. The van der Waals surface area contributed by atoms with Crippen molar-refractivity contribution < 1.29 is 4.79 Å². The van der Waals surface area contributed by atoms with E-state index in [-0.39, 0.29) is 5.91 Å². The van der Waals surface area contributed by atoms with E-state index in [4.69, 9.17) is 6.42 Å². The van der Waals surface area contributed by atoms with Crippen LogP contribution >= 0.6 is 15.9 Å². The Balaban J connectivity index is 2.22. The Labute approximate surface area is 114 Å². The van der Waals surface area contributed by atoms with Gasteiger partial charge in [-0.1, -0.05) is 24.1 Å². The predicted octanol–water partition coefficient (Wildman–Crippen LogP) is 3.68. The van der Waals surface area contributed by atoms with Crippen molar-refractivity contribution in [2.75, 3.05) is 5.32 Å². The van der Waals surface area contributed by atoms with Crippen molar-refractivity contribution >= 4 is 27.5 Å². The molecule has 1 amide bonds. The maximum absolute atomic E-state index is 12.0. The highest BCUT2D eigenvalue weighted by molar-refractivity contribution is 9.10. The van der Waals surface area contributed by atoms with Gasteiger partial charge >= 0.3 is 0 Å². The van der Waals surface area contributed by atoms with Gasteiger partial charge in [0.25, 0.3) is 5.91 Å². The topological polar surface area (TPSA) is 29.1 Å². The molecule has 0 aliphatic heterocycles. The summed E-state index contributed by atoms with van der Waals surface area (Å²) >= 11 is 3.35. The maximum atomic E-state index is 12.0. The first-order valence-corrected chi connectivity index (χ1v) is 6.12. The minimum atomic E-state index is -0.170. The van der Waals surface area contributed by atoms with Crippen molar-refractivity contribution in [3.05, 3.63) is 64.1 Å². The maximum Gasteiger partial charge on any atom is 0.256 e. The zero-order chi connectivity index (χ0) is 13.0. The van der Waals surface area contributed by atoms with Crippen molar-refractivity contribution in [2.24, 2.45) is 0 Å². The van der Waals surface area contributed by atoms with Gasteiger partial charge in [0, 0.05) is 15.7 Å². The van der Waals surface area contributed by atoms with E-state index in [0.29, 0.717) is 11.3 Å². The average Bonchev–Trinajstić information content (AvgIpc) is 2.39. The summed E-state index contributed by atoms with van der Waals surface area (Å²) in [5.74, 6) is 2.36. The van der Waals surface area contributed by atoms with Crippen molar-refractivity contribution in [2.45, 2.75) is 0 Å². The number of terminal acetylenes is 1. The van der Waals surface area contributed by atoms with Crippen LogP contribution in [-0.2, 0) is 0 Å². The van der Waals surface area contributed by atoms with E-state index in [2.05, 4.69) is 27.2 Å². The second-order valence-corrected chi connectivity index (χ2v) is 4.51. The molecule has 0 spiro atoms. The Hall–Kier alpha value is -2.05. The zero-order valence-corrected chi connectivity index (χ0v) is 11.1. The molecular weight excluding hydrogens is 290 g/mol. The van der Waals surface area contributed by atoms with Gasteiger partial charge in [0.2, 0.25) is 0 Å². The largest absolute Gasteiger partial charge is 0.322 e. The molecule has 2 aromatic rings. The summed E-state index contributed by atoms with van der Waals surface area (Å²) in [5.41, 5.74) is 2.01. The highest BCUT2D eigenvalue weighted by atomic mass is 79.9. The Bertz CT molecular complexity index is 628. The van der Waals surface area contributed by atoms with Crippen LogP contribution in [0.25, 0.3) is 0 Å². The minimum Gasteiger partial charge on any atom is -0.322 e. The fraction of sp³-hybridized carbons (Fsp3) is 0. The Morgan fingerprint density at radius 1 is 1.17 bits per heavy atom. The molecule has 3 heteroatoms. The third-order valence-corrected chi connectivity index (χ3v) is 3.10. The summed E-state index contributed by atoms with van der Waals surface area (Å²) in [6.07, 6.45) is 5.31. The summed E-state index contributed by atoms with van der Waals surface area (Å²) in [6.45, 7) is 0. The molecule has 0 aromatic heterocycles. The van der Waals surface area contributed by atoms with Gasteiger partial charge in [-0.3, -0.25) is 4.79 Å². The molecular formula is C15H10BrNO. The van der Waals surface area contributed by atoms with Gasteiger partial charge in [-0.05, 0) is 46.3 Å². The zero-order valence-electron chi connectivity index (χ0n) is 9.48. The number of hydrogen-bond donors (Lipinski definition) is 1. The lowest BCUT2D eigenvalue weighted by molar-refractivity contribution is 0.102. The average molecular weight is 300 g/mol. The highest BCUT2D eigenvalue weighted by Crippen LogP contribution is 2.18. The van der Waals surface area contributed by atoms with Gasteiger partial charge in [0.05, 0.1) is 5.56 Å². The number of nitrogens with one attached hydrogen (secondary N) is 1. The normalized spacial score (nSPS) is 9.56. The van der Waals surface area contributed by atoms with Crippen LogP contribution < -0.4 is 5.32 Å². The van der Waals surface area contributed by atoms with Crippen molar-refractivity contribution in [1.29, 1.82) is 0 Å². The van der Waals surface area contributed by atoms with E-state index in [9.17, 15) is 4.79 Å². The summed E-state index contributed by atoms with van der Waals surface area (Å²) in [6, 6.07) is 14.4. The fourth-order valence-electron chi connectivity index (χ4n) is 1.53. The molecule has 0 fully saturated rings. The quantitative estimate of drug-likeness (QED) is 0.842. The van der Waals surface area contributed by atoms with E-state index in [1.54, 1.807) is 18.2 Å². The first-order valence-electron chi connectivity index (χ1n) is 5.33. The van der Waals surface area contributed by atoms with E-state index >= 15 is 0 Å². The van der Waals surface area contributed by atoms with Gasteiger partial charge in [0.1, 0.15) is 0 Å². The number of anilines is 1. The van der Waals surface area contributed by atoms with Crippen molar-refractivity contribution in [1.82, 2.24) is 0 Å². The van der Waals surface area contributed by atoms with Crippen LogP contribution in [0.4, 0.5) is 5.69 Å². The number of rotatable bonds is 2. The lowest BCUT2D eigenvalue weighted by Crippen LogP contribution is -2.12. The van der Waals surface area contributed by atoms with Crippen LogP contribution in [0.1, 0.15) is 15.9 Å². The number of hydrogen-bond acceptors (Lipinski definition) is 1. The van der Waals surface area contributed by atoms with Gasteiger partial charge in [-0.15, -0.1) is 6.42 Å².